The van der Waals surface area contributed by atoms with Gasteiger partial charge in [0.15, 0.2) is 0 Å². The van der Waals surface area contributed by atoms with Crippen LogP contribution in [0.1, 0.15) is 19.4 Å². The Balaban J connectivity index is 2.82. The summed E-state index contributed by atoms with van der Waals surface area (Å²) in [6.45, 7) is 6.47. The molecule has 0 aliphatic carbocycles. The first kappa shape index (κ1) is 17.0. The summed E-state index contributed by atoms with van der Waals surface area (Å²) in [4.78, 5) is 2.01. The van der Waals surface area contributed by atoms with E-state index in [4.69, 9.17) is 5.73 Å². The Morgan fingerprint density at radius 3 is 2.50 bits per heavy atom. The molecule has 0 spiro atoms. The van der Waals surface area contributed by atoms with Crippen LogP contribution in [0.2, 0.25) is 0 Å². The molecule has 0 radical (unpaired) electrons. The number of halogens is 1. The number of nitrogens with one attached hydrogen (secondary N) is 1. The van der Waals surface area contributed by atoms with Crippen molar-refractivity contribution in [2.45, 2.75) is 25.3 Å². The Morgan fingerprint density at radius 2 is 1.95 bits per heavy atom. The topological polar surface area (TPSA) is 75.4 Å². The third-order valence-electron chi connectivity index (χ3n) is 3.18. The van der Waals surface area contributed by atoms with Crippen LogP contribution in [0.5, 0.6) is 0 Å². The smallest absolute Gasteiger partial charge is 0.241 e. The number of hydrogen-bond acceptors (Lipinski definition) is 4. The van der Waals surface area contributed by atoms with Gasteiger partial charge in [-0.25, -0.2) is 17.5 Å². The highest BCUT2D eigenvalue weighted by molar-refractivity contribution is 7.89. The molecular formula is C13H22FN3O2S. The second-order valence-electron chi connectivity index (χ2n) is 4.35. The minimum Gasteiger partial charge on any atom is -0.326 e. The number of likely N-dealkylation sites (N-methyl/N-ethyl adjacent to an activating group) is 1. The van der Waals surface area contributed by atoms with E-state index in [-0.39, 0.29) is 23.5 Å². The van der Waals surface area contributed by atoms with E-state index in [2.05, 4.69) is 9.62 Å². The van der Waals surface area contributed by atoms with Crippen LogP contribution in [0, 0.1) is 5.82 Å². The third kappa shape index (κ3) is 4.24. The van der Waals surface area contributed by atoms with E-state index in [0.717, 1.165) is 13.1 Å². The highest BCUT2D eigenvalue weighted by Crippen LogP contribution is 2.18. The van der Waals surface area contributed by atoms with Gasteiger partial charge in [-0.15, -0.1) is 0 Å². The molecule has 0 aliphatic heterocycles. The molecule has 0 amide bonds. The second kappa shape index (κ2) is 7.68. The van der Waals surface area contributed by atoms with E-state index >= 15 is 0 Å². The number of nitrogens with zero attached hydrogens (tertiary/aromatic N) is 1. The lowest BCUT2D eigenvalue weighted by molar-refractivity contribution is 0.309. The lowest BCUT2D eigenvalue weighted by atomic mass is 10.2. The summed E-state index contributed by atoms with van der Waals surface area (Å²) in [5.74, 6) is -0.598. The van der Waals surface area contributed by atoms with Gasteiger partial charge in [-0.2, -0.15) is 0 Å². The Kier molecular flexibility index (Phi) is 6.54. The van der Waals surface area contributed by atoms with Crippen molar-refractivity contribution in [1.29, 1.82) is 0 Å². The SMILES string of the molecule is CCN(CC)CCNS(=O)(=O)c1cccc(F)c1CN. The molecule has 0 saturated carbocycles. The first-order valence-corrected chi connectivity index (χ1v) is 8.14. The molecule has 1 rings (SSSR count). The van der Waals surface area contributed by atoms with Gasteiger partial charge in [-0.3, -0.25) is 0 Å². The van der Waals surface area contributed by atoms with Gasteiger partial charge in [0.1, 0.15) is 5.82 Å². The van der Waals surface area contributed by atoms with Gasteiger partial charge < -0.3 is 10.6 Å². The third-order valence-corrected chi connectivity index (χ3v) is 4.73. The molecule has 1 aromatic carbocycles. The Hall–Kier alpha value is -1.02. The molecule has 114 valence electrons. The molecule has 0 fully saturated rings. The average molecular weight is 303 g/mol. The van der Waals surface area contributed by atoms with Gasteiger partial charge >= 0.3 is 0 Å². The van der Waals surface area contributed by atoms with Crippen LogP contribution in [0.15, 0.2) is 23.1 Å². The fourth-order valence-corrected chi connectivity index (χ4v) is 3.22. The summed E-state index contributed by atoms with van der Waals surface area (Å²) < 4.78 is 40.4. The number of hydrogen-bond donors (Lipinski definition) is 2. The predicted octanol–water partition coefficient (Wildman–Crippen LogP) is 0.905. The summed E-state index contributed by atoms with van der Waals surface area (Å²) in [7, 11) is -3.73. The normalized spacial score (nSPS) is 12.1. The van der Waals surface area contributed by atoms with E-state index in [1.165, 1.54) is 18.2 Å². The molecule has 0 atom stereocenters. The van der Waals surface area contributed by atoms with Crippen LogP contribution in [-0.4, -0.2) is 39.5 Å². The lowest BCUT2D eigenvalue weighted by Crippen LogP contribution is -2.35. The van der Waals surface area contributed by atoms with Crippen LogP contribution in [0.3, 0.4) is 0 Å². The minimum atomic E-state index is -3.73. The van der Waals surface area contributed by atoms with Gasteiger partial charge in [0.2, 0.25) is 10.0 Å². The van der Waals surface area contributed by atoms with E-state index in [1.54, 1.807) is 0 Å². The molecule has 0 heterocycles. The molecule has 1 aromatic rings. The maximum absolute atomic E-state index is 13.6. The van der Waals surface area contributed by atoms with E-state index < -0.39 is 15.8 Å². The van der Waals surface area contributed by atoms with E-state index in [1.807, 2.05) is 13.8 Å². The van der Waals surface area contributed by atoms with Crippen molar-refractivity contribution in [2.75, 3.05) is 26.2 Å². The number of benzene rings is 1. The highest BCUT2D eigenvalue weighted by atomic mass is 32.2. The maximum Gasteiger partial charge on any atom is 0.241 e. The predicted molar refractivity (Wildman–Crippen MR) is 77.3 cm³/mol. The average Bonchev–Trinajstić information content (AvgIpc) is 2.43. The van der Waals surface area contributed by atoms with Crippen LogP contribution in [0.4, 0.5) is 4.39 Å². The molecule has 3 N–H and O–H groups in total. The van der Waals surface area contributed by atoms with Crippen molar-refractivity contribution in [3.8, 4) is 0 Å². The van der Waals surface area contributed by atoms with Crippen molar-refractivity contribution in [3.05, 3.63) is 29.6 Å². The molecule has 7 heteroatoms. The number of sulfonamides is 1. The summed E-state index contributed by atoms with van der Waals surface area (Å²) >= 11 is 0. The van der Waals surface area contributed by atoms with Crippen molar-refractivity contribution in [1.82, 2.24) is 9.62 Å². The van der Waals surface area contributed by atoms with Crippen molar-refractivity contribution in [2.24, 2.45) is 5.73 Å². The van der Waals surface area contributed by atoms with E-state index in [9.17, 15) is 12.8 Å². The van der Waals surface area contributed by atoms with Gasteiger partial charge in [0.25, 0.3) is 0 Å². The summed E-state index contributed by atoms with van der Waals surface area (Å²) in [5.41, 5.74) is 5.44. The zero-order chi connectivity index (χ0) is 15.2. The van der Waals surface area contributed by atoms with Crippen LogP contribution < -0.4 is 10.5 Å². The lowest BCUT2D eigenvalue weighted by Gasteiger charge is -2.18. The van der Waals surface area contributed by atoms with Crippen LogP contribution in [-0.2, 0) is 16.6 Å². The molecule has 0 aromatic heterocycles. The molecule has 0 unspecified atom stereocenters. The van der Waals surface area contributed by atoms with Crippen molar-refractivity contribution in [3.63, 3.8) is 0 Å². The standard InChI is InChI=1S/C13H22FN3O2S/c1-3-17(4-2)9-8-16-20(18,19)13-7-5-6-12(14)11(13)10-15/h5-7,16H,3-4,8-10,15H2,1-2H3. The molecule has 0 saturated heterocycles. The van der Waals surface area contributed by atoms with Gasteiger partial charge in [0.05, 0.1) is 4.90 Å². The zero-order valence-corrected chi connectivity index (χ0v) is 12.7. The summed E-state index contributed by atoms with van der Waals surface area (Å²) in [6, 6.07) is 3.94. The Morgan fingerprint density at radius 1 is 1.30 bits per heavy atom. The quantitative estimate of drug-likeness (QED) is 0.748. The van der Waals surface area contributed by atoms with Crippen molar-refractivity contribution >= 4 is 10.0 Å². The molecule has 0 aliphatic rings. The van der Waals surface area contributed by atoms with Gasteiger partial charge in [-0.05, 0) is 25.2 Å². The van der Waals surface area contributed by atoms with Gasteiger partial charge in [-0.1, -0.05) is 19.9 Å². The van der Waals surface area contributed by atoms with Gasteiger partial charge in [0, 0.05) is 25.2 Å². The Labute approximate surface area is 120 Å². The van der Waals surface area contributed by atoms with Crippen molar-refractivity contribution < 1.29 is 12.8 Å². The van der Waals surface area contributed by atoms with Crippen LogP contribution >= 0.6 is 0 Å². The highest BCUT2D eigenvalue weighted by Gasteiger charge is 2.19. The molecule has 5 nitrogen and oxygen atoms in total. The fourth-order valence-electron chi connectivity index (χ4n) is 1.94. The summed E-state index contributed by atoms with van der Waals surface area (Å²) in [6.07, 6.45) is 0. The molecule has 20 heavy (non-hydrogen) atoms. The molecule has 0 bridgehead atoms. The maximum atomic E-state index is 13.6. The minimum absolute atomic E-state index is 0.0165. The largest absolute Gasteiger partial charge is 0.326 e. The number of rotatable bonds is 8. The Bertz CT molecular complexity index is 530. The monoisotopic (exact) mass is 303 g/mol. The number of nitrogens with two attached hydrogens (primary N) is 1. The summed E-state index contributed by atoms with van der Waals surface area (Å²) in [5, 5.41) is 0. The zero-order valence-electron chi connectivity index (χ0n) is 11.9. The fraction of sp³-hybridized carbons (Fsp3) is 0.538. The van der Waals surface area contributed by atoms with E-state index in [0.29, 0.717) is 6.54 Å². The first-order valence-electron chi connectivity index (χ1n) is 6.65. The second-order valence-corrected chi connectivity index (χ2v) is 6.08. The first-order chi connectivity index (χ1) is 9.46. The van der Waals surface area contributed by atoms with Crippen LogP contribution in [0.25, 0.3) is 0 Å². The molecular weight excluding hydrogens is 281 g/mol.